The van der Waals surface area contributed by atoms with Crippen LogP contribution in [0.5, 0.6) is 5.75 Å². The molecule has 0 spiro atoms. The second-order valence-electron chi connectivity index (χ2n) is 5.33. The van der Waals surface area contributed by atoms with Gasteiger partial charge in [-0.05, 0) is 37.0 Å². The highest BCUT2D eigenvalue weighted by molar-refractivity contribution is 5.77. The molecule has 1 aromatic carbocycles. The van der Waals surface area contributed by atoms with Gasteiger partial charge in [0.05, 0.1) is 0 Å². The maximum Gasteiger partial charge on any atom is 0.258 e. The molecular formula is C16H24N2O3. The number of ether oxygens (including phenoxy) is 2. The number of nitrogens with one attached hydrogen (secondary N) is 1. The van der Waals surface area contributed by atoms with Crippen LogP contribution in [0.3, 0.4) is 0 Å². The van der Waals surface area contributed by atoms with E-state index in [1.165, 1.54) is 0 Å². The van der Waals surface area contributed by atoms with Gasteiger partial charge in [0.25, 0.3) is 5.91 Å². The maximum atomic E-state index is 11.8. The molecule has 3 N–H and O–H groups in total. The summed E-state index contributed by atoms with van der Waals surface area (Å²) in [6, 6.07) is 7.86. The number of benzene rings is 1. The van der Waals surface area contributed by atoms with Crippen LogP contribution >= 0.6 is 0 Å². The molecule has 1 aliphatic heterocycles. The van der Waals surface area contributed by atoms with E-state index >= 15 is 0 Å². The van der Waals surface area contributed by atoms with Crippen LogP contribution in [-0.4, -0.2) is 31.8 Å². The van der Waals surface area contributed by atoms with E-state index in [1.807, 2.05) is 24.3 Å². The average molecular weight is 292 g/mol. The highest BCUT2D eigenvalue weighted by atomic mass is 16.5. The lowest BCUT2D eigenvalue weighted by atomic mass is 10.1. The quantitative estimate of drug-likeness (QED) is 0.838. The molecule has 0 saturated carbocycles. The van der Waals surface area contributed by atoms with Crippen molar-refractivity contribution in [3.8, 4) is 5.75 Å². The van der Waals surface area contributed by atoms with Crippen molar-refractivity contribution >= 4 is 5.91 Å². The van der Waals surface area contributed by atoms with E-state index < -0.39 is 0 Å². The molecule has 1 atom stereocenters. The van der Waals surface area contributed by atoms with Gasteiger partial charge in [-0.25, -0.2) is 0 Å². The van der Waals surface area contributed by atoms with Crippen LogP contribution in [-0.2, 0) is 9.53 Å². The Morgan fingerprint density at radius 3 is 2.67 bits per heavy atom. The fourth-order valence-corrected chi connectivity index (χ4v) is 2.31. The van der Waals surface area contributed by atoms with E-state index in [2.05, 4.69) is 12.2 Å². The van der Waals surface area contributed by atoms with Gasteiger partial charge in [-0.3, -0.25) is 4.79 Å². The molecule has 1 aliphatic rings. The predicted molar refractivity (Wildman–Crippen MR) is 81.1 cm³/mol. The zero-order valence-electron chi connectivity index (χ0n) is 12.5. The van der Waals surface area contributed by atoms with Gasteiger partial charge in [0.1, 0.15) is 5.75 Å². The number of hydrogen-bond acceptors (Lipinski definition) is 4. The Labute approximate surface area is 125 Å². The normalized spacial score (nSPS) is 17.2. The van der Waals surface area contributed by atoms with Gasteiger partial charge in [0.2, 0.25) is 0 Å². The lowest BCUT2D eigenvalue weighted by Gasteiger charge is -2.23. The highest BCUT2D eigenvalue weighted by Gasteiger charge is 2.16. The Balaban J connectivity index is 1.75. The van der Waals surface area contributed by atoms with Crippen LogP contribution in [0.2, 0.25) is 0 Å². The summed E-state index contributed by atoms with van der Waals surface area (Å²) in [6.45, 7) is 3.52. The van der Waals surface area contributed by atoms with E-state index in [0.717, 1.165) is 24.8 Å². The molecule has 2 rings (SSSR count). The van der Waals surface area contributed by atoms with Crippen molar-refractivity contribution < 1.29 is 14.3 Å². The van der Waals surface area contributed by atoms with Gasteiger partial charge >= 0.3 is 0 Å². The number of rotatable bonds is 6. The molecule has 0 radical (unpaired) electrons. The van der Waals surface area contributed by atoms with Gasteiger partial charge in [0, 0.05) is 25.3 Å². The Kier molecular flexibility index (Phi) is 6.02. The van der Waals surface area contributed by atoms with Gasteiger partial charge in [-0.2, -0.15) is 0 Å². The van der Waals surface area contributed by atoms with Crippen LogP contribution in [0, 0.1) is 0 Å². The molecule has 116 valence electrons. The van der Waals surface area contributed by atoms with Crippen LogP contribution in [0.4, 0.5) is 0 Å². The number of carbonyl (C=O) groups excluding carboxylic acids is 1. The maximum absolute atomic E-state index is 11.8. The van der Waals surface area contributed by atoms with Crippen molar-refractivity contribution in [2.24, 2.45) is 5.73 Å². The first kappa shape index (κ1) is 15.8. The molecule has 0 aliphatic carbocycles. The van der Waals surface area contributed by atoms with Crippen molar-refractivity contribution in [1.29, 1.82) is 0 Å². The van der Waals surface area contributed by atoms with Gasteiger partial charge in [-0.1, -0.05) is 19.1 Å². The number of carbonyl (C=O) groups is 1. The summed E-state index contributed by atoms with van der Waals surface area (Å²) < 4.78 is 10.8. The molecule has 0 unspecified atom stereocenters. The van der Waals surface area contributed by atoms with Crippen molar-refractivity contribution in [2.45, 2.75) is 38.3 Å². The van der Waals surface area contributed by atoms with E-state index in [4.69, 9.17) is 15.2 Å². The SMILES string of the molecule is CC[C@H](N)c1ccc(OCC(=O)NC2CCOCC2)cc1. The van der Waals surface area contributed by atoms with E-state index in [-0.39, 0.29) is 24.6 Å². The minimum Gasteiger partial charge on any atom is -0.484 e. The molecule has 1 aromatic rings. The Hall–Kier alpha value is -1.59. The molecule has 1 fully saturated rings. The fraction of sp³-hybridized carbons (Fsp3) is 0.562. The van der Waals surface area contributed by atoms with Crippen molar-refractivity contribution in [3.05, 3.63) is 29.8 Å². The molecule has 5 nitrogen and oxygen atoms in total. The Bertz CT molecular complexity index is 441. The van der Waals surface area contributed by atoms with E-state index in [9.17, 15) is 4.79 Å². The smallest absolute Gasteiger partial charge is 0.258 e. The summed E-state index contributed by atoms with van der Waals surface area (Å²) in [5.74, 6) is 0.598. The first-order valence-electron chi connectivity index (χ1n) is 7.54. The topological polar surface area (TPSA) is 73.6 Å². The summed E-state index contributed by atoms with van der Waals surface area (Å²) in [7, 11) is 0. The summed E-state index contributed by atoms with van der Waals surface area (Å²) in [6.07, 6.45) is 2.64. The number of amides is 1. The summed E-state index contributed by atoms with van der Waals surface area (Å²) in [4.78, 5) is 11.8. The van der Waals surface area contributed by atoms with Gasteiger partial charge in [-0.15, -0.1) is 0 Å². The molecule has 0 aromatic heterocycles. The largest absolute Gasteiger partial charge is 0.484 e. The molecule has 1 heterocycles. The zero-order valence-corrected chi connectivity index (χ0v) is 12.5. The Morgan fingerprint density at radius 1 is 1.38 bits per heavy atom. The summed E-state index contributed by atoms with van der Waals surface area (Å²) in [5, 5.41) is 2.96. The average Bonchev–Trinajstić information content (AvgIpc) is 2.53. The lowest BCUT2D eigenvalue weighted by Crippen LogP contribution is -2.41. The van der Waals surface area contributed by atoms with Gasteiger partial charge < -0.3 is 20.5 Å². The third-order valence-corrected chi connectivity index (χ3v) is 3.70. The number of nitrogens with two attached hydrogens (primary N) is 1. The monoisotopic (exact) mass is 292 g/mol. The van der Waals surface area contributed by atoms with Crippen molar-refractivity contribution in [1.82, 2.24) is 5.32 Å². The van der Waals surface area contributed by atoms with Gasteiger partial charge in [0.15, 0.2) is 6.61 Å². The molecule has 1 saturated heterocycles. The van der Waals surface area contributed by atoms with Crippen molar-refractivity contribution in [2.75, 3.05) is 19.8 Å². The second-order valence-corrected chi connectivity index (χ2v) is 5.33. The molecular weight excluding hydrogens is 268 g/mol. The second kappa shape index (κ2) is 8.00. The third-order valence-electron chi connectivity index (χ3n) is 3.70. The molecule has 0 bridgehead atoms. The zero-order chi connectivity index (χ0) is 15.1. The van der Waals surface area contributed by atoms with Crippen LogP contribution < -0.4 is 15.8 Å². The predicted octanol–water partition coefficient (Wildman–Crippen LogP) is 1.77. The summed E-state index contributed by atoms with van der Waals surface area (Å²) in [5.41, 5.74) is 7.04. The minimum atomic E-state index is -0.0868. The minimum absolute atomic E-state index is 0.0382. The molecule has 1 amide bonds. The Morgan fingerprint density at radius 2 is 2.05 bits per heavy atom. The summed E-state index contributed by atoms with van der Waals surface area (Å²) >= 11 is 0. The molecule has 21 heavy (non-hydrogen) atoms. The van der Waals surface area contributed by atoms with E-state index in [1.54, 1.807) is 0 Å². The highest BCUT2D eigenvalue weighted by Crippen LogP contribution is 2.18. The number of hydrogen-bond donors (Lipinski definition) is 2. The van der Waals surface area contributed by atoms with Crippen LogP contribution in [0.25, 0.3) is 0 Å². The van der Waals surface area contributed by atoms with Crippen molar-refractivity contribution in [3.63, 3.8) is 0 Å². The molecule has 5 heteroatoms. The standard InChI is InChI=1S/C16H24N2O3/c1-2-15(17)12-3-5-14(6-4-12)21-11-16(19)18-13-7-9-20-10-8-13/h3-6,13,15H,2,7-11,17H2,1H3,(H,18,19)/t15-/m0/s1. The van der Waals surface area contributed by atoms with E-state index in [0.29, 0.717) is 19.0 Å². The lowest BCUT2D eigenvalue weighted by molar-refractivity contribution is -0.124. The first-order chi connectivity index (χ1) is 10.2. The third kappa shape index (κ3) is 5.02. The van der Waals surface area contributed by atoms with Crippen LogP contribution in [0.15, 0.2) is 24.3 Å². The fourth-order valence-electron chi connectivity index (χ4n) is 2.31. The van der Waals surface area contributed by atoms with Crippen LogP contribution in [0.1, 0.15) is 37.8 Å². The first-order valence-corrected chi connectivity index (χ1v) is 7.54.